The van der Waals surface area contributed by atoms with Crippen LogP contribution in [0.2, 0.25) is 0 Å². The number of hydrogen-bond acceptors (Lipinski definition) is 4. The van der Waals surface area contributed by atoms with Crippen molar-refractivity contribution in [1.29, 1.82) is 0 Å². The van der Waals surface area contributed by atoms with E-state index >= 15 is 0 Å². The van der Waals surface area contributed by atoms with Crippen LogP contribution in [0.1, 0.15) is 12.0 Å². The highest BCUT2D eigenvalue weighted by atomic mass is 32.2. The van der Waals surface area contributed by atoms with Gasteiger partial charge in [0.05, 0.1) is 17.2 Å². The second-order valence-corrected chi connectivity index (χ2v) is 6.39. The molecule has 2 N–H and O–H groups in total. The number of rotatable bonds is 4. The van der Waals surface area contributed by atoms with Crippen LogP contribution in [0.5, 0.6) is 0 Å². The number of halogens is 1. The summed E-state index contributed by atoms with van der Waals surface area (Å²) in [5.74, 6) is -0.895. The van der Waals surface area contributed by atoms with Gasteiger partial charge in [-0.2, -0.15) is 5.10 Å². The molecule has 1 aliphatic heterocycles. The van der Waals surface area contributed by atoms with Crippen LogP contribution in [-0.2, 0) is 9.59 Å². The van der Waals surface area contributed by atoms with Gasteiger partial charge in [0.1, 0.15) is 5.82 Å². The second-order valence-electron chi connectivity index (χ2n) is 5.14. The van der Waals surface area contributed by atoms with Gasteiger partial charge in [-0.1, -0.05) is 24.3 Å². The molecule has 0 saturated heterocycles. The predicted octanol–water partition coefficient (Wildman–Crippen LogP) is 2.78. The first-order valence-corrected chi connectivity index (χ1v) is 8.14. The zero-order chi connectivity index (χ0) is 16.9. The zero-order valence-electron chi connectivity index (χ0n) is 12.5. The van der Waals surface area contributed by atoms with Gasteiger partial charge in [0.25, 0.3) is 0 Å². The maximum absolute atomic E-state index is 12.8. The van der Waals surface area contributed by atoms with E-state index in [1.807, 2.05) is 24.3 Å². The maximum atomic E-state index is 12.8. The van der Waals surface area contributed by atoms with E-state index < -0.39 is 5.25 Å². The molecule has 2 aromatic rings. The van der Waals surface area contributed by atoms with Crippen LogP contribution < -0.4 is 10.7 Å². The number of nitrogens with one attached hydrogen (secondary N) is 2. The lowest BCUT2D eigenvalue weighted by molar-refractivity contribution is -0.124. The van der Waals surface area contributed by atoms with Crippen molar-refractivity contribution < 1.29 is 14.0 Å². The summed E-state index contributed by atoms with van der Waals surface area (Å²) in [4.78, 5) is 24.9. The van der Waals surface area contributed by atoms with E-state index in [1.165, 1.54) is 30.1 Å². The molecule has 24 heavy (non-hydrogen) atoms. The van der Waals surface area contributed by atoms with E-state index in [0.29, 0.717) is 5.56 Å². The van der Waals surface area contributed by atoms with Crippen LogP contribution in [0.25, 0.3) is 0 Å². The SMILES string of the molecule is O=C(C[C@H]1Sc2ccccc2NC1=O)N/N=C\c1ccc(F)cc1. The lowest BCUT2D eigenvalue weighted by atomic mass is 10.2. The molecule has 1 heterocycles. The first kappa shape index (κ1) is 16.2. The highest BCUT2D eigenvalue weighted by molar-refractivity contribution is 8.01. The first-order valence-electron chi connectivity index (χ1n) is 7.26. The summed E-state index contributed by atoms with van der Waals surface area (Å²) >= 11 is 1.36. The largest absolute Gasteiger partial charge is 0.324 e. The Morgan fingerprint density at radius 2 is 2.00 bits per heavy atom. The number of fused-ring (bicyclic) bond motifs is 1. The van der Waals surface area contributed by atoms with E-state index in [0.717, 1.165) is 10.6 Å². The van der Waals surface area contributed by atoms with Crippen molar-refractivity contribution in [2.24, 2.45) is 5.10 Å². The molecule has 0 aliphatic carbocycles. The molecule has 2 aromatic carbocycles. The van der Waals surface area contributed by atoms with E-state index in [-0.39, 0.29) is 24.1 Å². The molecule has 0 spiro atoms. The van der Waals surface area contributed by atoms with Gasteiger partial charge in [-0.15, -0.1) is 11.8 Å². The Hall–Kier alpha value is -2.67. The molecule has 0 saturated carbocycles. The number of nitrogens with zero attached hydrogens (tertiary/aromatic N) is 1. The number of amides is 2. The lowest BCUT2D eigenvalue weighted by Crippen LogP contribution is -2.33. The normalized spacial score (nSPS) is 16.5. The fraction of sp³-hybridized carbons (Fsp3) is 0.118. The van der Waals surface area contributed by atoms with Crippen molar-refractivity contribution in [2.45, 2.75) is 16.6 Å². The third-order valence-corrected chi connectivity index (χ3v) is 4.63. The number of hydrogen-bond donors (Lipinski definition) is 2. The van der Waals surface area contributed by atoms with Crippen LogP contribution in [-0.4, -0.2) is 23.3 Å². The summed E-state index contributed by atoms with van der Waals surface area (Å²) < 4.78 is 12.8. The minimum Gasteiger partial charge on any atom is -0.324 e. The molecule has 7 heteroatoms. The Kier molecular flexibility index (Phi) is 4.90. The van der Waals surface area contributed by atoms with Crippen molar-refractivity contribution in [3.05, 3.63) is 59.9 Å². The standard InChI is InChI=1S/C17H14FN3O2S/c18-12-7-5-11(6-8-12)10-19-21-16(22)9-15-17(23)20-13-3-1-2-4-14(13)24-15/h1-8,10,15H,9H2,(H,20,23)(H,21,22)/b19-10-/t15-/m1/s1. The molecule has 0 aromatic heterocycles. The monoisotopic (exact) mass is 343 g/mol. The van der Waals surface area contributed by atoms with Gasteiger partial charge in [0.15, 0.2) is 0 Å². The van der Waals surface area contributed by atoms with Crippen molar-refractivity contribution in [1.82, 2.24) is 5.43 Å². The van der Waals surface area contributed by atoms with Crippen molar-refractivity contribution in [3.8, 4) is 0 Å². The highest BCUT2D eigenvalue weighted by Gasteiger charge is 2.28. The van der Waals surface area contributed by atoms with Crippen molar-refractivity contribution in [2.75, 3.05) is 5.32 Å². The third kappa shape index (κ3) is 3.99. The van der Waals surface area contributed by atoms with Crippen LogP contribution in [0.15, 0.2) is 58.5 Å². The topological polar surface area (TPSA) is 70.6 Å². The Bertz CT molecular complexity index is 793. The highest BCUT2D eigenvalue weighted by Crippen LogP contribution is 2.36. The third-order valence-electron chi connectivity index (χ3n) is 3.35. The average Bonchev–Trinajstić information content (AvgIpc) is 2.57. The van der Waals surface area contributed by atoms with Crippen LogP contribution >= 0.6 is 11.8 Å². The zero-order valence-corrected chi connectivity index (χ0v) is 13.3. The molecule has 122 valence electrons. The van der Waals surface area contributed by atoms with Crippen molar-refractivity contribution in [3.63, 3.8) is 0 Å². The summed E-state index contributed by atoms with van der Waals surface area (Å²) in [6, 6.07) is 13.2. The number of anilines is 1. The van der Waals surface area contributed by atoms with E-state index in [2.05, 4.69) is 15.8 Å². The predicted molar refractivity (Wildman–Crippen MR) is 91.5 cm³/mol. The van der Waals surface area contributed by atoms with Gasteiger partial charge in [0, 0.05) is 11.3 Å². The van der Waals surface area contributed by atoms with Gasteiger partial charge < -0.3 is 5.32 Å². The van der Waals surface area contributed by atoms with Gasteiger partial charge in [-0.3, -0.25) is 9.59 Å². The number of para-hydroxylation sites is 1. The maximum Gasteiger partial charge on any atom is 0.241 e. The van der Waals surface area contributed by atoms with Gasteiger partial charge in [0.2, 0.25) is 11.8 Å². The Morgan fingerprint density at radius 1 is 1.25 bits per heavy atom. The fourth-order valence-electron chi connectivity index (χ4n) is 2.17. The first-order chi connectivity index (χ1) is 11.6. The number of thioether (sulfide) groups is 1. The molecule has 3 rings (SSSR count). The van der Waals surface area contributed by atoms with Gasteiger partial charge in [-0.25, -0.2) is 9.82 Å². The quantitative estimate of drug-likeness (QED) is 0.662. The molecule has 5 nitrogen and oxygen atoms in total. The molecule has 2 amide bonds. The molecular formula is C17H14FN3O2S. The lowest BCUT2D eigenvalue weighted by Gasteiger charge is -2.23. The minimum absolute atomic E-state index is 0.0194. The van der Waals surface area contributed by atoms with Crippen LogP contribution in [0.3, 0.4) is 0 Å². The molecule has 0 bridgehead atoms. The van der Waals surface area contributed by atoms with Crippen molar-refractivity contribution >= 4 is 35.5 Å². The second kappa shape index (κ2) is 7.27. The van der Waals surface area contributed by atoms with Gasteiger partial charge in [-0.05, 0) is 29.8 Å². The molecule has 1 aliphatic rings. The Morgan fingerprint density at radius 3 is 2.79 bits per heavy atom. The number of carbonyl (C=O) groups is 2. The fourth-order valence-corrected chi connectivity index (χ4v) is 3.28. The number of benzene rings is 2. The average molecular weight is 343 g/mol. The van der Waals surface area contributed by atoms with E-state index in [4.69, 9.17) is 0 Å². The molecule has 0 unspecified atom stereocenters. The van der Waals surface area contributed by atoms with Gasteiger partial charge >= 0.3 is 0 Å². The smallest absolute Gasteiger partial charge is 0.241 e. The number of carbonyl (C=O) groups excluding carboxylic acids is 2. The van der Waals surface area contributed by atoms with Crippen LogP contribution in [0.4, 0.5) is 10.1 Å². The Labute approximate surface area is 142 Å². The summed E-state index contributed by atoms with van der Waals surface area (Å²) in [5, 5.41) is 6.11. The van der Waals surface area contributed by atoms with Crippen LogP contribution in [0, 0.1) is 5.82 Å². The summed E-state index contributed by atoms with van der Waals surface area (Å²) in [6.07, 6.45) is 1.44. The summed E-state index contributed by atoms with van der Waals surface area (Å²) in [7, 11) is 0. The summed E-state index contributed by atoms with van der Waals surface area (Å²) in [6.45, 7) is 0. The molecular weight excluding hydrogens is 329 g/mol. The molecule has 0 fully saturated rings. The van der Waals surface area contributed by atoms with E-state index in [1.54, 1.807) is 12.1 Å². The number of hydrazone groups is 1. The van der Waals surface area contributed by atoms with E-state index in [9.17, 15) is 14.0 Å². The molecule has 0 radical (unpaired) electrons. The summed E-state index contributed by atoms with van der Waals surface area (Å²) in [5.41, 5.74) is 3.81. The molecule has 1 atom stereocenters. The Balaban J connectivity index is 1.55. The minimum atomic E-state index is -0.499.